The molecule has 0 unspecified atom stereocenters. The maximum Gasteiger partial charge on any atom is 0.248 e. The molecule has 0 spiro atoms. The van der Waals surface area contributed by atoms with E-state index in [0.717, 1.165) is 22.3 Å². The van der Waals surface area contributed by atoms with Gasteiger partial charge in [0.15, 0.2) is 0 Å². The lowest BCUT2D eigenvalue weighted by Crippen LogP contribution is -3.00. The molecule has 1 fully saturated rings. The van der Waals surface area contributed by atoms with Crippen LogP contribution in [0.15, 0.2) is 48.5 Å². The number of likely N-dealkylation sites (tertiary alicyclic amines) is 1. The van der Waals surface area contributed by atoms with Crippen molar-refractivity contribution in [2.45, 2.75) is 25.8 Å². The van der Waals surface area contributed by atoms with Crippen LogP contribution in [-0.2, 0) is 11.3 Å². The summed E-state index contributed by atoms with van der Waals surface area (Å²) in [4.78, 5) is 12.1. The Morgan fingerprint density at radius 2 is 1.71 bits per heavy atom. The normalized spacial score (nSPS) is 15.8. The van der Waals surface area contributed by atoms with Crippen LogP contribution in [0.25, 0.3) is 6.08 Å². The van der Waals surface area contributed by atoms with E-state index in [0.29, 0.717) is 10.0 Å². The summed E-state index contributed by atoms with van der Waals surface area (Å²) >= 11 is 11.9. The number of carbonyl (C=O) groups is 1. The molecule has 1 amide bonds. The molecule has 3 nitrogen and oxygen atoms in total. The SMILES string of the molecule is C[N+]1(Cc2ccc(NC(=O)/C=C/c3ccc(Cl)c(Cl)c3)cc2)CCCCC1.[Cl-]. The van der Waals surface area contributed by atoms with Gasteiger partial charge in [-0.3, -0.25) is 4.79 Å². The van der Waals surface area contributed by atoms with E-state index in [1.165, 1.54) is 44.0 Å². The Bertz CT molecular complexity index is 828. The summed E-state index contributed by atoms with van der Waals surface area (Å²) in [6.07, 6.45) is 7.20. The molecule has 0 radical (unpaired) electrons. The molecule has 2 aromatic rings. The minimum atomic E-state index is -0.177. The molecule has 0 aromatic heterocycles. The second kappa shape index (κ2) is 10.3. The molecule has 28 heavy (non-hydrogen) atoms. The van der Waals surface area contributed by atoms with Crippen LogP contribution in [0.2, 0.25) is 10.0 Å². The standard InChI is InChI=1S/C22H24Cl2N2O.ClH/c1-26(13-3-2-4-14-26)16-18-5-9-19(10-6-18)25-22(27)12-8-17-7-11-20(23)21(24)15-17;/h5-12,15H,2-4,13-14,16H2,1H3;1H/b12-8+;. The van der Waals surface area contributed by atoms with Gasteiger partial charge in [0, 0.05) is 17.3 Å². The van der Waals surface area contributed by atoms with Crippen molar-refractivity contribution in [1.82, 2.24) is 0 Å². The van der Waals surface area contributed by atoms with Gasteiger partial charge in [-0.2, -0.15) is 0 Å². The van der Waals surface area contributed by atoms with Gasteiger partial charge in [-0.25, -0.2) is 0 Å². The molecule has 1 saturated heterocycles. The number of anilines is 1. The van der Waals surface area contributed by atoms with Gasteiger partial charge < -0.3 is 22.2 Å². The second-order valence-electron chi connectivity index (χ2n) is 7.48. The van der Waals surface area contributed by atoms with Crippen molar-refractivity contribution in [3.8, 4) is 0 Å². The molecule has 1 N–H and O–H groups in total. The predicted molar refractivity (Wildman–Crippen MR) is 114 cm³/mol. The first-order valence-corrected chi connectivity index (χ1v) is 10.1. The van der Waals surface area contributed by atoms with Crippen LogP contribution in [0.3, 0.4) is 0 Å². The number of benzene rings is 2. The Morgan fingerprint density at radius 1 is 1.04 bits per heavy atom. The number of carbonyl (C=O) groups excluding carboxylic acids is 1. The Morgan fingerprint density at radius 3 is 2.36 bits per heavy atom. The highest BCUT2D eigenvalue weighted by atomic mass is 35.5. The predicted octanol–water partition coefficient (Wildman–Crippen LogP) is 2.78. The highest BCUT2D eigenvalue weighted by molar-refractivity contribution is 6.42. The third-order valence-electron chi connectivity index (χ3n) is 5.05. The quantitative estimate of drug-likeness (QED) is 0.563. The highest BCUT2D eigenvalue weighted by Crippen LogP contribution is 2.23. The van der Waals surface area contributed by atoms with Crippen molar-refractivity contribution in [2.75, 3.05) is 25.5 Å². The Balaban J connectivity index is 0.00000280. The van der Waals surface area contributed by atoms with E-state index in [2.05, 4.69) is 24.5 Å². The number of piperidine rings is 1. The average Bonchev–Trinajstić information content (AvgIpc) is 2.65. The second-order valence-corrected chi connectivity index (χ2v) is 8.29. The molecule has 3 rings (SSSR count). The van der Waals surface area contributed by atoms with E-state index in [1.807, 2.05) is 18.2 Å². The van der Waals surface area contributed by atoms with Crippen molar-refractivity contribution < 1.29 is 21.7 Å². The summed E-state index contributed by atoms with van der Waals surface area (Å²) in [5.74, 6) is -0.177. The van der Waals surface area contributed by atoms with Crippen LogP contribution in [0.1, 0.15) is 30.4 Å². The molecule has 6 heteroatoms. The molecule has 150 valence electrons. The Kier molecular flexibility index (Phi) is 8.38. The maximum absolute atomic E-state index is 12.1. The lowest BCUT2D eigenvalue weighted by molar-refractivity contribution is -0.926. The van der Waals surface area contributed by atoms with Crippen LogP contribution in [0, 0.1) is 0 Å². The molecule has 1 aliphatic heterocycles. The van der Waals surface area contributed by atoms with E-state index in [1.54, 1.807) is 18.2 Å². The summed E-state index contributed by atoms with van der Waals surface area (Å²) in [5, 5.41) is 3.86. The first kappa shape index (κ1) is 22.8. The van der Waals surface area contributed by atoms with Crippen molar-refractivity contribution in [1.29, 1.82) is 0 Å². The molecule has 0 aliphatic carbocycles. The molecule has 0 saturated carbocycles. The summed E-state index contributed by atoms with van der Waals surface area (Å²) < 4.78 is 1.11. The fourth-order valence-corrected chi connectivity index (χ4v) is 3.85. The van der Waals surface area contributed by atoms with Gasteiger partial charge in [-0.05, 0) is 55.2 Å². The minimum absolute atomic E-state index is 0. The number of quaternary nitrogens is 1. The number of nitrogens with one attached hydrogen (secondary N) is 1. The number of rotatable bonds is 5. The monoisotopic (exact) mass is 438 g/mol. The average molecular weight is 440 g/mol. The Hall–Kier alpha value is -1.52. The number of halogens is 3. The van der Waals surface area contributed by atoms with Gasteiger partial charge in [0.1, 0.15) is 6.54 Å². The van der Waals surface area contributed by atoms with E-state index in [9.17, 15) is 4.79 Å². The third-order valence-corrected chi connectivity index (χ3v) is 5.79. The number of hydrogen-bond acceptors (Lipinski definition) is 1. The topological polar surface area (TPSA) is 29.1 Å². The molecule has 1 aliphatic rings. The fraction of sp³-hybridized carbons (Fsp3) is 0.318. The maximum atomic E-state index is 12.1. The minimum Gasteiger partial charge on any atom is -1.00 e. The summed E-state index contributed by atoms with van der Waals surface area (Å²) in [5.41, 5.74) is 2.93. The van der Waals surface area contributed by atoms with E-state index < -0.39 is 0 Å². The van der Waals surface area contributed by atoms with E-state index in [-0.39, 0.29) is 18.3 Å². The smallest absolute Gasteiger partial charge is 0.248 e. The van der Waals surface area contributed by atoms with Gasteiger partial charge in [0.25, 0.3) is 0 Å². The van der Waals surface area contributed by atoms with Crippen LogP contribution < -0.4 is 17.7 Å². The van der Waals surface area contributed by atoms with Gasteiger partial charge in [-0.15, -0.1) is 0 Å². The number of hydrogen-bond donors (Lipinski definition) is 1. The zero-order valence-electron chi connectivity index (χ0n) is 15.9. The lowest BCUT2D eigenvalue weighted by Gasteiger charge is -2.37. The fourth-order valence-electron chi connectivity index (χ4n) is 3.54. The summed E-state index contributed by atoms with van der Waals surface area (Å²) in [6.45, 7) is 3.54. The molecular formula is C22H25Cl3N2O. The molecule has 1 heterocycles. The van der Waals surface area contributed by atoms with E-state index in [4.69, 9.17) is 23.2 Å². The van der Waals surface area contributed by atoms with Gasteiger partial charge in [0.05, 0.1) is 30.2 Å². The van der Waals surface area contributed by atoms with Crippen molar-refractivity contribution in [3.05, 3.63) is 69.7 Å². The van der Waals surface area contributed by atoms with Crippen LogP contribution in [0.5, 0.6) is 0 Å². The number of amides is 1. The first-order chi connectivity index (χ1) is 12.9. The van der Waals surface area contributed by atoms with Crippen LogP contribution in [0.4, 0.5) is 5.69 Å². The van der Waals surface area contributed by atoms with Gasteiger partial charge >= 0.3 is 0 Å². The zero-order chi connectivity index (χ0) is 19.3. The molecular weight excluding hydrogens is 415 g/mol. The van der Waals surface area contributed by atoms with Crippen LogP contribution in [-0.4, -0.2) is 30.5 Å². The molecule has 0 bridgehead atoms. The number of nitrogens with zero attached hydrogens (tertiary/aromatic N) is 1. The molecule has 2 aromatic carbocycles. The Labute approximate surface area is 183 Å². The molecule has 0 atom stereocenters. The zero-order valence-corrected chi connectivity index (χ0v) is 18.2. The van der Waals surface area contributed by atoms with Crippen molar-refractivity contribution >= 4 is 40.9 Å². The summed E-state index contributed by atoms with van der Waals surface area (Å²) in [6, 6.07) is 13.4. The highest BCUT2D eigenvalue weighted by Gasteiger charge is 2.24. The van der Waals surface area contributed by atoms with Gasteiger partial charge in [0.2, 0.25) is 5.91 Å². The van der Waals surface area contributed by atoms with Crippen molar-refractivity contribution in [3.63, 3.8) is 0 Å². The van der Waals surface area contributed by atoms with E-state index >= 15 is 0 Å². The van der Waals surface area contributed by atoms with Crippen LogP contribution >= 0.6 is 23.2 Å². The third kappa shape index (κ3) is 6.52. The van der Waals surface area contributed by atoms with Crippen molar-refractivity contribution in [2.24, 2.45) is 0 Å². The first-order valence-electron chi connectivity index (χ1n) is 9.30. The largest absolute Gasteiger partial charge is 1.00 e. The summed E-state index contributed by atoms with van der Waals surface area (Å²) in [7, 11) is 2.34. The lowest BCUT2D eigenvalue weighted by atomic mass is 10.1. The van der Waals surface area contributed by atoms with Gasteiger partial charge in [-0.1, -0.05) is 41.4 Å².